The summed E-state index contributed by atoms with van der Waals surface area (Å²) in [5.74, 6) is 1.10. The number of rotatable bonds is 4. The van der Waals surface area contributed by atoms with Gasteiger partial charge in [0.05, 0.1) is 26.3 Å². The molecule has 2 aliphatic rings. The molecule has 2 aliphatic heterocycles. The Balaban J connectivity index is 1.55. The highest BCUT2D eigenvalue weighted by Crippen LogP contribution is 2.40. The molecular weight excluding hydrogens is 554 g/mol. The summed E-state index contributed by atoms with van der Waals surface area (Å²) in [7, 11) is 4.55. The van der Waals surface area contributed by atoms with E-state index in [0.717, 1.165) is 21.6 Å². The first-order chi connectivity index (χ1) is 18.0. The summed E-state index contributed by atoms with van der Waals surface area (Å²) in [6.45, 7) is 0. The lowest BCUT2D eigenvalue weighted by atomic mass is 9.98. The summed E-state index contributed by atoms with van der Waals surface area (Å²) >= 11 is 0. The molecule has 0 amide bonds. The number of halogens is 6. The molecule has 4 rings (SSSR count). The Kier molecular flexibility index (Phi) is 8.60. The van der Waals surface area contributed by atoms with E-state index in [0.29, 0.717) is 22.6 Å². The van der Waals surface area contributed by atoms with Crippen molar-refractivity contribution < 1.29 is 35.8 Å². The van der Waals surface area contributed by atoms with Crippen LogP contribution in [0.3, 0.4) is 0 Å². The predicted octanol–water partition coefficient (Wildman–Crippen LogP) is 6.43. The van der Waals surface area contributed by atoms with Gasteiger partial charge in [0.15, 0.2) is 10.3 Å². The normalized spacial score (nSPS) is 24.0. The SMILES string of the molecule is COc1ccc([C@@H]2C[C@H](C(F)(F)F)NC(SSC3=N[C@@H](c4ccc(OC)cc4)C[C@H](C(F)(F)F)N3)=N2)cc1. The van der Waals surface area contributed by atoms with Gasteiger partial charge in [-0.1, -0.05) is 24.3 Å². The fraction of sp³-hybridized carbons (Fsp3) is 0.417. The van der Waals surface area contributed by atoms with Crippen LogP contribution in [0.2, 0.25) is 0 Å². The molecule has 0 aromatic heterocycles. The molecule has 4 atom stereocenters. The van der Waals surface area contributed by atoms with E-state index in [9.17, 15) is 26.3 Å². The number of ether oxygens (including phenoxy) is 2. The zero-order chi connectivity index (χ0) is 27.5. The van der Waals surface area contributed by atoms with Crippen molar-refractivity contribution in [3.63, 3.8) is 0 Å². The molecule has 14 heteroatoms. The second-order valence-electron chi connectivity index (χ2n) is 8.56. The molecule has 2 heterocycles. The maximum atomic E-state index is 13.7. The van der Waals surface area contributed by atoms with E-state index < -0.39 is 36.5 Å². The highest BCUT2D eigenvalue weighted by Gasteiger charge is 2.45. The summed E-state index contributed by atoms with van der Waals surface area (Å²) < 4.78 is 92.2. The number of methoxy groups -OCH3 is 2. The van der Waals surface area contributed by atoms with Crippen molar-refractivity contribution in [3.05, 3.63) is 59.7 Å². The minimum Gasteiger partial charge on any atom is -0.497 e. The molecule has 206 valence electrons. The number of aliphatic imine (C=N–C) groups is 2. The maximum Gasteiger partial charge on any atom is 0.408 e. The van der Waals surface area contributed by atoms with Gasteiger partial charge in [0.2, 0.25) is 0 Å². The molecule has 2 aromatic rings. The highest BCUT2D eigenvalue weighted by molar-refractivity contribution is 8.87. The van der Waals surface area contributed by atoms with Crippen molar-refractivity contribution >= 4 is 31.9 Å². The maximum absolute atomic E-state index is 13.7. The van der Waals surface area contributed by atoms with Crippen LogP contribution in [-0.2, 0) is 0 Å². The molecule has 2 aromatic carbocycles. The van der Waals surface area contributed by atoms with Crippen LogP contribution < -0.4 is 20.1 Å². The monoisotopic (exact) mass is 578 g/mol. The van der Waals surface area contributed by atoms with Crippen LogP contribution in [0.15, 0.2) is 58.5 Å². The summed E-state index contributed by atoms with van der Waals surface area (Å²) in [5, 5.41) is 4.65. The summed E-state index contributed by atoms with van der Waals surface area (Å²) in [6.07, 6.45) is -9.73. The number of hydrogen-bond acceptors (Lipinski definition) is 8. The van der Waals surface area contributed by atoms with E-state index in [1.165, 1.54) is 14.2 Å². The third-order valence-electron chi connectivity index (χ3n) is 6.05. The Morgan fingerprint density at radius 2 is 1.00 bits per heavy atom. The quantitative estimate of drug-likeness (QED) is 0.322. The molecule has 6 nitrogen and oxygen atoms in total. The van der Waals surface area contributed by atoms with Gasteiger partial charge in [-0.2, -0.15) is 26.3 Å². The van der Waals surface area contributed by atoms with Gasteiger partial charge < -0.3 is 20.1 Å². The predicted molar refractivity (Wildman–Crippen MR) is 137 cm³/mol. The van der Waals surface area contributed by atoms with Gasteiger partial charge in [-0.3, -0.25) is 9.98 Å². The van der Waals surface area contributed by atoms with Gasteiger partial charge in [0.1, 0.15) is 23.6 Å². The van der Waals surface area contributed by atoms with Crippen molar-refractivity contribution in [1.29, 1.82) is 0 Å². The van der Waals surface area contributed by atoms with Crippen molar-refractivity contribution in [1.82, 2.24) is 10.6 Å². The average Bonchev–Trinajstić information content (AvgIpc) is 2.90. The first-order valence-corrected chi connectivity index (χ1v) is 13.6. The van der Waals surface area contributed by atoms with Gasteiger partial charge >= 0.3 is 12.4 Å². The molecule has 38 heavy (non-hydrogen) atoms. The molecular formula is C24H24F6N4O2S2. The number of benzene rings is 2. The van der Waals surface area contributed by atoms with E-state index >= 15 is 0 Å². The number of nitrogens with one attached hydrogen (secondary N) is 2. The fourth-order valence-corrected chi connectivity index (χ4v) is 5.90. The van der Waals surface area contributed by atoms with Crippen molar-refractivity contribution in [2.24, 2.45) is 9.98 Å². The number of amidine groups is 2. The first kappa shape index (κ1) is 28.3. The Bertz CT molecular complexity index is 1060. The number of nitrogens with zero attached hydrogens (tertiary/aromatic N) is 2. The first-order valence-electron chi connectivity index (χ1n) is 11.4. The third-order valence-corrected chi connectivity index (χ3v) is 8.09. The van der Waals surface area contributed by atoms with E-state index in [-0.39, 0.29) is 23.2 Å². The van der Waals surface area contributed by atoms with E-state index in [1.54, 1.807) is 48.5 Å². The van der Waals surface area contributed by atoms with Crippen LogP contribution in [0.5, 0.6) is 11.5 Å². The molecule has 0 spiro atoms. The van der Waals surface area contributed by atoms with Crippen molar-refractivity contribution in [2.45, 2.75) is 49.4 Å². The van der Waals surface area contributed by atoms with Crippen LogP contribution in [0, 0.1) is 0 Å². The van der Waals surface area contributed by atoms with Crippen LogP contribution >= 0.6 is 21.6 Å². The number of hydrogen-bond donors (Lipinski definition) is 2. The minimum atomic E-state index is -4.54. The lowest BCUT2D eigenvalue weighted by molar-refractivity contribution is -0.156. The molecule has 0 saturated carbocycles. The van der Waals surface area contributed by atoms with E-state index in [4.69, 9.17) is 9.47 Å². The summed E-state index contributed by atoms with van der Waals surface area (Å²) in [5.41, 5.74) is 1.13. The topological polar surface area (TPSA) is 67.2 Å². The van der Waals surface area contributed by atoms with Crippen LogP contribution in [-0.4, -0.2) is 49.0 Å². The Morgan fingerprint density at radius 3 is 1.29 bits per heavy atom. The zero-order valence-electron chi connectivity index (χ0n) is 20.1. The average molecular weight is 579 g/mol. The van der Waals surface area contributed by atoms with Gasteiger partial charge in [0, 0.05) is 12.8 Å². The van der Waals surface area contributed by atoms with E-state index in [2.05, 4.69) is 20.6 Å². The lowest BCUT2D eigenvalue weighted by Crippen LogP contribution is -2.49. The second kappa shape index (κ2) is 11.6. The summed E-state index contributed by atoms with van der Waals surface area (Å²) in [6, 6.07) is 7.76. The molecule has 0 aliphatic carbocycles. The van der Waals surface area contributed by atoms with Gasteiger partial charge in [-0.15, -0.1) is 0 Å². The fourth-order valence-electron chi connectivity index (χ4n) is 4.00. The lowest BCUT2D eigenvalue weighted by Gasteiger charge is -2.32. The Hall–Kier alpha value is -2.74. The van der Waals surface area contributed by atoms with Crippen molar-refractivity contribution in [3.8, 4) is 11.5 Å². The smallest absolute Gasteiger partial charge is 0.408 e. The van der Waals surface area contributed by atoms with Gasteiger partial charge in [0.25, 0.3) is 0 Å². The molecule has 0 unspecified atom stereocenters. The highest BCUT2D eigenvalue weighted by atomic mass is 33.1. The van der Waals surface area contributed by atoms with Crippen LogP contribution in [0.4, 0.5) is 26.3 Å². The van der Waals surface area contributed by atoms with Crippen molar-refractivity contribution in [2.75, 3.05) is 14.2 Å². The van der Waals surface area contributed by atoms with Gasteiger partial charge in [-0.25, -0.2) is 0 Å². The summed E-state index contributed by atoms with van der Waals surface area (Å²) in [4.78, 5) is 8.82. The Morgan fingerprint density at radius 1 is 0.658 bits per heavy atom. The molecule has 0 fully saturated rings. The van der Waals surface area contributed by atoms with Crippen LogP contribution in [0.1, 0.15) is 36.1 Å². The minimum absolute atomic E-state index is 0.0518. The standard InChI is InChI=1S/C24H24F6N4O2S2/c1-35-15-7-3-13(4-8-15)17-11-19(23(25,26)27)33-21(31-17)37-38-22-32-18(12-20(34-22)24(28,29)30)14-5-9-16(36-2)10-6-14/h3-10,17-20H,11-12H2,1-2H3,(H,31,33)(H,32,34)/t17-,18+,19-,20-/m1/s1. The van der Waals surface area contributed by atoms with Crippen LogP contribution in [0.25, 0.3) is 0 Å². The largest absolute Gasteiger partial charge is 0.497 e. The molecule has 0 saturated heterocycles. The van der Waals surface area contributed by atoms with Gasteiger partial charge in [-0.05, 0) is 57.0 Å². The number of alkyl halides is 6. The molecule has 0 bridgehead atoms. The van der Waals surface area contributed by atoms with E-state index in [1.807, 2.05) is 0 Å². The molecule has 2 N–H and O–H groups in total. The Labute approximate surface area is 223 Å². The second-order valence-corrected chi connectivity index (χ2v) is 10.7. The zero-order valence-corrected chi connectivity index (χ0v) is 21.8. The third kappa shape index (κ3) is 7.01. The molecule has 0 radical (unpaired) electrons.